The summed E-state index contributed by atoms with van der Waals surface area (Å²) in [4.78, 5) is 23.4. The summed E-state index contributed by atoms with van der Waals surface area (Å²) in [7, 11) is -5.15. The van der Waals surface area contributed by atoms with Crippen molar-refractivity contribution in [3.63, 3.8) is 0 Å². The van der Waals surface area contributed by atoms with E-state index >= 15 is 0 Å². The van der Waals surface area contributed by atoms with Crippen LogP contribution < -0.4 is 5.32 Å². The molecule has 0 aromatic carbocycles. The summed E-state index contributed by atoms with van der Waals surface area (Å²) in [5.74, 6) is -0.613. The first-order chi connectivity index (χ1) is 28.3. The molecule has 0 bridgehead atoms. The molecular weight excluding hydrogens is 777 g/mol. The molecule has 1 fully saturated rings. The van der Waals surface area contributed by atoms with Gasteiger partial charge in [-0.15, -0.1) is 0 Å². The Morgan fingerprint density at radius 1 is 0.593 bits per heavy atom. The lowest BCUT2D eigenvalue weighted by atomic mass is 9.85. The van der Waals surface area contributed by atoms with E-state index in [4.69, 9.17) is 9.05 Å². The molecule has 0 aromatic rings. The first-order valence-electron chi connectivity index (χ1n) is 23.0. The van der Waals surface area contributed by atoms with Crippen LogP contribution in [0.3, 0.4) is 0 Å². The van der Waals surface area contributed by atoms with Crippen LogP contribution in [-0.2, 0) is 18.4 Å². The third-order valence-electron chi connectivity index (χ3n) is 10.9. The Hall–Kier alpha value is -1.48. The van der Waals surface area contributed by atoms with Gasteiger partial charge in [0.2, 0.25) is 5.91 Å². The Kier molecular flexibility index (Phi) is 33.0. The standard InChI is InChI=1S/C45H84NO12P/c1-3-5-7-9-11-13-15-17-19-21-23-25-27-29-31-33-38(48)37(35-57-59(55,56)58-45-43(53)41(51)40(50)42(52)44(45)54)46-39(49)34-36(47)32-30-28-26-24-22-20-18-16-14-12-10-8-6-4-2/h20,22-23,25,31,33,36-38,40-45,47-48,50-54H,3-19,21,24,26-30,32,34-35H2,1-2H3,(H,46,49)(H,55,56)/b22-20-,25-23+,33-31+. The van der Waals surface area contributed by atoms with Crippen LogP contribution in [0.5, 0.6) is 0 Å². The van der Waals surface area contributed by atoms with Crippen molar-refractivity contribution in [2.24, 2.45) is 0 Å². The molecule has 13 nitrogen and oxygen atoms in total. The van der Waals surface area contributed by atoms with Gasteiger partial charge in [-0.25, -0.2) is 4.57 Å². The summed E-state index contributed by atoms with van der Waals surface area (Å²) in [6, 6.07) is -1.26. The van der Waals surface area contributed by atoms with Crippen molar-refractivity contribution in [3.8, 4) is 0 Å². The maximum atomic E-state index is 13.0. The number of carbonyl (C=O) groups excluding carboxylic acids is 1. The van der Waals surface area contributed by atoms with Crippen LogP contribution in [0.15, 0.2) is 36.5 Å². The summed E-state index contributed by atoms with van der Waals surface area (Å²) in [5.41, 5.74) is 0. The maximum Gasteiger partial charge on any atom is 0.472 e. The molecule has 0 heterocycles. The van der Waals surface area contributed by atoms with Gasteiger partial charge in [0.15, 0.2) is 0 Å². The molecule has 1 saturated carbocycles. The zero-order valence-electron chi connectivity index (χ0n) is 36.4. The molecule has 0 spiro atoms. The van der Waals surface area contributed by atoms with Gasteiger partial charge in [-0.05, 0) is 57.8 Å². The molecular formula is C45H84NO12P. The predicted octanol–water partition coefficient (Wildman–Crippen LogP) is 7.36. The first-order valence-corrected chi connectivity index (χ1v) is 24.5. The minimum atomic E-state index is -5.15. The van der Waals surface area contributed by atoms with Gasteiger partial charge in [0.25, 0.3) is 0 Å². The number of hydrogen-bond acceptors (Lipinski definition) is 11. The number of rotatable bonds is 37. The van der Waals surface area contributed by atoms with Gasteiger partial charge in [-0.3, -0.25) is 13.8 Å². The molecule has 1 aliphatic carbocycles. The minimum Gasteiger partial charge on any atom is -0.393 e. The Morgan fingerprint density at radius 3 is 1.49 bits per heavy atom. The number of nitrogens with one attached hydrogen (secondary N) is 1. The number of unbranched alkanes of at least 4 members (excludes halogenated alkanes) is 20. The summed E-state index contributed by atoms with van der Waals surface area (Å²) in [6.07, 6.45) is 25.2. The van der Waals surface area contributed by atoms with Gasteiger partial charge < -0.3 is 46.0 Å². The number of allylic oxidation sites excluding steroid dienone is 5. The molecule has 8 unspecified atom stereocenters. The maximum absolute atomic E-state index is 13.0. The highest BCUT2D eigenvalue weighted by atomic mass is 31.2. The normalized spacial score (nSPS) is 23.9. The van der Waals surface area contributed by atoms with Gasteiger partial charge in [0, 0.05) is 0 Å². The number of carbonyl (C=O) groups is 1. The second-order valence-corrected chi connectivity index (χ2v) is 17.8. The molecule has 0 saturated heterocycles. The SMILES string of the molecule is CCCCCCCCC/C=C\CCCCCC(O)CC(=O)NC(COP(=O)(O)OC1C(O)C(O)C(O)C(O)C1O)C(O)/C=C/CC/C=C/CCCCCCCCCCC. The van der Waals surface area contributed by atoms with Gasteiger partial charge in [-0.1, -0.05) is 153 Å². The van der Waals surface area contributed by atoms with E-state index in [1.54, 1.807) is 6.08 Å². The molecule has 0 aliphatic heterocycles. The fraction of sp³-hybridized carbons (Fsp3) is 0.844. The van der Waals surface area contributed by atoms with E-state index in [9.17, 15) is 50.0 Å². The number of aliphatic hydroxyl groups excluding tert-OH is 7. The lowest BCUT2D eigenvalue weighted by Gasteiger charge is -2.41. The van der Waals surface area contributed by atoms with Crippen molar-refractivity contribution < 1.29 is 59.0 Å². The number of phosphoric acid groups is 1. The molecule has 346 valence electrons. The third-order valence-corrected chi connectivity index (χ3v) is 11.9. The third kappa shape index (κ3) is 27.2. The van der Waals surface area contributed by atoms with Crippen LogP contribution in [0.2, 0.25) is 0 Å². The van der Waals surface area contributed by atoms with Crippen molar-refractivity contribution in [2.45, 2.75) is 236 Å². The lowest BCUT2D eigenvalue weighted by molar-refractivity contribution is -0.220. The number of aliphatic hydroxyl groups is 7. The summed E-state index contributed by atoms with van der Waals surface area (Å²) >= 11 is 0. The molecule has 1 aliphatic rings. The Bertz CT molecular complexity index is 1160. The van der Waals surface area contributed by atoms with Crippen molar-refractivity contribution >= 4 is 13.7 Å². The van der Waals surface area contributed by atoms with E-state index in [1.807, 2.05) is 0 Å². The van der Waals surface area contributed by atoms with E-state index in [2.05, 4.69) is 43.5 Å². The van der Waals surface area contributed by atoms with Crippen LogP contribution in [0.25, 0.3) is 0 Å². The molecule has 1 amide bonds. The largest absolute Gasteiger partial charge is 0.472 e. The zero-order valence-corrected chi connectivity index (χ0v) is 37.3. The number of amides is 1. The highest BCUT2D eigenvalue weighted by Crippen LogP contribution is 2.47. The molecule has 0 radical (unpaired) electrons. The average Bonchev–Trinajstić information content (AvgIpc) is 3.21. The topological polar surface area (TPSA) is 226 Å². The first kappa shape index (κ1) is 55.5. The van der Waals surface area contributed by atoms with Gasteiger partial charge in [0.05, 0.1) is 31.3 Å². The highest BCUT2D eigenvalue weighted by Gasteiger charge is 2.51. The van der Waals surface area contributed by atoms with E-state index in [-0.39, 0.29) is 6.42 Å². The van der Waals surface area contributed by atoms with E-state index in [0.717, 1.165) is 51.4 Å². The van der Waals surface area contributed by atoms with Crippen molar-refractivity contribution in [3.05, 3.63) is 36.5 Å². The lowest BCUT2D eigenvalue weighted by Crippen LogP contribution is -2.64. The minimum absolute atomic E-state index is 0.263. The van der Waals surface area contributed by atoms with Gasteiger partial charge in [0.1, 0.15) is 36.6 Å². The van der Waals surface area contributed by atoms with Crippen LogP contribution in [0.1, 0.15) is 181 Å². The average molecular weight is 862 g/mol. The number of hydrogen-bond donors (Lipinski definition) is 9. The molecule has 0 aromatic heterocycles. The van der Waals surface area contributed by atoms with Crippen LogP contribution in [0, 0.1) is 0 Å². The Morgan fingerprint density at radius 2 is 1.00 bits per heavy atom. The molecule has 59 heavy (non-hydrogen) atoms. The monoisotopic (exact) mass is 862 g/mol. The van der Waals surface area contributed by atoms with Gasteiger partial charge >= 0.3 is 7.82 Å². The summed E-state index contributed by atoms with van der Waals surface area (Å²) < 4.78 is 22.8. The van der Waals surface area contributed by atoms with E-state index in [0.29, 0.717) is 12.8 Å². The second-order valence-electron chi connectivity index (χ2n) is 16.4. The van der Waals surface area contributed by atoms with Crippen LogP contribution in [0.4, 0.5) is 0 Å². The second kappa shape index (κ2) is 35.0. The molecule has 1 rings (SSSR count). The molecule has 8 atom stereocenters. The molecule has 14 heteroatoms. The van der Waals surface area contributed by atoms with Crippen molar-refractivity contribution in [1.82, 2.24) is 5.32 Å². The number of phosphoric ester groups is 1. The Labute approximate surface area is 356 Å². The predicted molar refractivity (Wildman–Crippen MR) is 233 cm³/mol. The Balaban J connectivity index is 2.61. The summed E-state index contributed by atoms with van der Waals surface area (Å²) in [6.45, 7) is 3.70. The smallest absolute Gasteiger partial charge is 0.393 e. The van der Waals surface area contributed by atoms with E-state index < -0.39 is 75.2 Å². The summed E-state index contributed by atoms with van der Waals surface area (Å²) in [5, 5.41) is 74.3. The van der Waals surface area contributed by atoms with Gasteiger partial charge in [-0.2, -0.15) is 0 Å². The fourth-order valence-electron chi connectivity index (χ4n) is 7.13. The molecule has 9 N–H and O–H groups in total. The van der Waals surface area contributed by atoms with Crippen LogP contribution >= 0.6 is 7.82 Å². The highest BCUT2D eigenvalue weighted by molar-refractivity contribution is 7.47. The van der Waals surface area contributed by atoms with Crippen LogP contribution in [-0.4, -0.2) is 108 Å². The fourth-order valence-corrected chi connectivity index (χ4v) is 8.10. The van der Waals surface area contributed by atoms with Crippen molar-refractivity contribution in [2.75, 3.05) is 6.61 Å². The van der Waals surface area contributed by atoms with E-state index in [1.165, 1.54) is 102 Å². The zero-order chi connectivity index (χ0) is 43.7. The quantitative estimate of drug-likeness (QED) is 0.0170. The van der Waals surface area contributed by atoms with Crippen molar-refractivity contribution in [1.29, 1.82) is 0 Å².